The average molecular weight is 296 g/mol. The molecule has 22 heavy (non-hydrogen) atoms. The Morgan fingerprint density at radius 2 is 1.77 bits per heavy atom. The fourth-order valence-electron chi connectivity index (χ4n) is 2.38. The van der Waals surface area contributed by atoms with Crippen LogP contribution < -0.4 is 5.56 Å². The lowest BCUT2D eigenvalue weighted by molar-refractivity contribution is 0.275. The van der Waals surface area contributed by atoms with E-state index in [2.05, 4.69) is 20.8 Å². The predicted octanol–water partition coefficient (Wildman–Crippen LogP) is 2.68. The van der Waals surface area contributed by atoms with Crippen molar-refractivity contribution in [2.75, 3.05) is 6.61 Å². The summed E-state index contributed by atoms with van der Waals surface area (Å²) in [7, 11) is 0. The van der Waals surface area contributed by atoms with Gasteiger partial charge in [-0.1, -0.05) is 45.0 Å². The standard InChI is InChI=1S/C18H20N2O2/c1-18(2,3)15-7-4-13(5-8-15)16-9-6-14(12-19)17(22)20(16)10-11-21/h4-9,21H,10-11H2,1-3H3. The molecule has 0 aliphatic heterocycles. The van der Waals surface area contributed by atoms with E-state index in [9.17, 15) is 9.90 Å². The van der Waals surface area contributed by atoms with E-state index < -0.39 is 0 Å². The molecule has 0 saturated heterocycles. The van der Waals surface area contributed by atoms with Gasteiger partial charge in [0.15, 0.2) is 0 Å². The molecular formula is C18H20N2O2. The quantitative estimate of drug-likeness (QED) is 0.947. The number of aliphatic hydroxyl groups is 1. The van der Waals surface area contributed by atoms with Gasteiger partial charge in [-0.3, -0.25) is 4.79 Å². The van der Waals surface area contributed by atoms with Crippen molar-refractivity contribution in [3.05, 3.63) is 57.9 Å². The Labute approximate surface area is 130 Å². The van der Waals surface area contributed by atoms with Gasteiger partial charge in [0.25, 0.3) is 5.56 Å². The topological polar surface area (TPSA) is 66.0 Å². The third-order valence-electron chi connectivity index (χ3n) is 3.66. The number of aliphatic hydroxyl groups excluding tert-OH is 1. The van der Waals surface area contributed by atoms with Crippen LogP contribution in [0.25, 0.3) is 11.3 Å². The first-order valence-electron chi connectivity index (χ1n) is 7.24. The smallest absolute Gasteiger partial charge is 0.269 e. The lowest BCUT2D eigenvalue weighted by Crippen LogP contribution is -2.25. The van der Waals surface area contributed by atoms with Crippen molar-refractivity contribution in [3.63, 3.8) is 0 Å². The van der Waals surface area contributed by atoms with Gasteiger partial charge in [0, 0.05) is 6.54 Å². The summed E-state index contributed by atoms with van der Waals surface area (Å²) in [5, 5.41) is 18.2. The van der Waals surface area contributed by atoms with E-state index in [1.807, 2.05) is 30.3 Å². The minimum Gasteiger partial charge on any atom is -0.395 e. The summed E-state index contributed by atoms with van der Waals surface area (Å²) in [6, 6.07) is 13.2. The highest BCUT2D eigenvalue weighted by molar-refractivity contribution is 5.61. The first-order valence-corrected chi connectivity index (χ1v) is 7.24. The number of hydrogen-bond acceptors (Lipinski definition) is 3. The molecule has 0 bridgehead atoms. The Balaban J connectivity index is 2.55. The molecule has 1 aromatic heterocycles. The van der Waals surface area contributed by atoms with E-state index in [4.69, 9.17) is 5.26 Å². The highest BCUT2D eigenvalue weighted by atomic mass is 16.3. The van der Waals surface area contributed by atoms with E-state index in [-0.39, 0.29) is 29.7 Å². The number of nitrogens with zero attached hydrogens (tertiary/aromatic N) is 2. The molecule has 0 radical (unpaired) electrons. The zero-order chi connectivity index (χ0) is 16.3. The van der Waals surface area contributed by atoms with Crippen LogP contribution in [0, 0.1) is 11.3 Å². The van der Waals surface area contributed by atoms with Crippen molar-refractivity contribution in [2.24, 2.45) is 0 Å². The molecule has 2 aromatic rings. The van der Waals surface area contributed by atoms with Gasteiger partial charge < -0.3 is 9.67 Å². The van der Waals surface area contributed by atoms with Crippen molar-refractivity contribution in [1.29, 1.82) is 5.26 Å². The van der Waals surface area contributed by atoms with Crippen molar-refractivity contribution < 1.29 is 5.11 Å². The van der Waals surface area contributed by atoms with Gasteiger partial charge in [-0.05, 0) is 28.7 Å². The van der Waals surface area contributed by atoms with Crippen molar-refractivity contribution >= 4 is 0 Å². The van der Waals surface area contributed by atoms with Gasteiger partial charge in [-0.25, -0.2) is 0 Å². The summed E-state index contributed by atoms with van der Waals surface area (Å²) < 4.78 is 1.45. The molecule has 1 aromatic carbocycles. The van der Waals surface area contributed by atoms with E-state index in [0.717, 1.165) is 5.56 Å². The van der Waals surface area contributed by atoms with Crippen LogP contribution in [-0.4, -0.2) is 16.3 Å². The normalized spacial score (nSPS) is 11.2. The van der Waals surface area contributed by atoms with E-state index in [0.29, 0.717) is 5.69 Å². The molecule has 2 rings (SSSR count). The van der Waals surface area contributed by atoms with Gasteiger partial charge in [-0.15, -0.1) is 0 Å². The zero-order valence-corrected chi connectivity index (χ0v) is 13.1. The van der Waals surface area contributed by atoms with Crippen LogP contribution in [0.4, 0.5) is 0 Å². The highest BCUT2D eigenvalue weighted by Gasteiger charge is 2.14. The summed E-state index contributed by atoms with van der Waals surface area (Å²) in [5.74, 6) is 0. The van der Waals surface area contributed by atoms with Crippen LogP contribution in [0.15, 0.2) is 41.2 Å². The summed E-state index contributed by atoms with van der Waals surface area (Å²) in [5.41, 5.74) is 2.59. The van der Waals surface area contributed by atoms with Crippen LogP contribution in [-0.2, 0) is 12.0 Å². The number of rotatable bonds is 3. The van der Waals surface area contributed by atoms with Gasteiger partial charge in [0.1, 0.15) is 11.6 Å². The van der Waals surface area contributed by atoms with Crippen LogP contribution in [0.5, 0.6) is 0 Å². The van der Waals surface area contributed by atoms with Crippen LogP contribution in [0.3, 0.4) is 0 Å². The third-order valence-corrected chi connectivity index (χ3v) is 3.66. The second-order valence-corrected chi connectivity index (χ2v) is 6.25. The molecule has 0 amide bonds. The first-order chi connectivity index (χ1) is 10.4. The Kier molecular flexibility index (Phi) is 4.48. The molecule has 1 heterocycles. The third kappa shape index (κ3) is 3.10. The number of nitriles is 1. The molecule has 0 saturated carbocycles. The van der Waals surface area contributed by atoms with Gasteiger partial charge in [0.2, 0.25) is 0 Å². The Bertz CT molecular complexity index is 760. The largest absolute Gasteiger partial charge is 0.395 e. The van der Waals surface area contributed by atoms with Gasteiger partial charge in [-0.2, -0.15) is 5.26 Å². The molecular weight excluding hydrogens is 276 g/mol. The summed E-state index contributed by atoms with van der Waals surface area (Å²) in [4.78, 5) is 12.2. The van der Waals surface area contributed by atoms with Gasteiger partial charge in [0.05, 0.1) is 12.3 Å². The Hall–Kier alpha value is -2.38. The molecule has 0 spiro atoms. The average Bonchev–Trinajstić information content (AvgIpc) is 2.49. The van der Waals surface area contributed by atoms with E-state index in [1.165, 1.54) is 16.2 Å². The lowest BCUT2D eigenvalue weighted by atomic mass is 9.86. The Morgan fingerprint density at radius 1 is 1.14 bits per heavy atom. The van der Waals surface area contributed by atoms with Gasteiger partial charge >= 0.3 is 0 Å². The molecule has 1 N–H and O–H groups in total. The molecule has 0 aliphatic rings. The highest BCUT2D eigenvalue weighted by Crippen LogP contribution is 2.25. The summed E-state index contributed by atoms with van der Waals surface area (Å²) in [6.45, 7) is 6.45. The molecule has 4 nitrogen and oxygen atoms in total. The maximum Gasteiger partial charge on any atom is 0.269 e. The van der Waals surface area contributed by atoms with Crippen molar-refractivity contribution in [1.82, 2.24) is 4.57 Å². The predicted molar refractivity (Wildman–Crippen MR) is 86.6 cm³/mol. The summed E-state index contributed by atoms with van der Waals surface area (Å²) >= 11 is 0. The maximum absolute atomic E-state index is 12.2. The maximum atomic E-state index is 12.2. The minimum absolute atomic E-state index is 0.0635. The fourth-order valence-corrected chi connectivity index (χ4v) is 2.38. The number of benzene rings is 1. The summed E-state index contributed by atoms with van der Waals surface area (Å²) in [6.07, 6.45) is 0. The Morgan fingerprint density at radius 3 is 2.27 bits per heavy atom. The number of pyridine rings is 1. The second-order valence-electron chi connectivity index (χ2n) is 6.25. The molecule has 114 valence electrons. The minimum atomic E-state index is -0.367. The molecule has 0 fully saturated rings. The van der Waals surface area contributed by atoms with E-state index in [1.54, 1.807) is 6.07 Å². The fraction of sp³-hybridized carbons (Fsp3) is 0.333. The SMILES string of the molecule is CC(C)(C)c1ccc(-c2ccc(C#N)c(=O)n2CCO)cc1. The number of hydrogen-bond donors (Lipinski definition) is 1. The monoisotopic (exact) mass is 296 g/mol. The van der Waals surface area contributed by atoms with E-state index >= 15 is 0 Å². The lowest BCUT2D eigenvalue weighted by Gasteiger charge is -2.19. The first kappa shape index (κ1) is 16.0. The molecule has 0 unspecified atom stereocenters. The number of aromatic nitrogens is 1. The van der Waals surface area contributed by atoms with Crippen molar-refractivity contribution in [3.8, 4) is 17.3 Å². The van der Waals surface area contributed by atoms with Crippen molar-refractivity contribution in [2.45, 2.75) is 32.7 Å². The zero-order valence-electron chi connectivity index (χ0n) is 13.1. The molecule has 0 aliphatic carbocycles. The molecule has 4 heteroatoms. The second kappa shape index (κ2) is 6.17. The molecule has 0 atom stereocenters. The van der Waals surface area contributed by atoms with Crippen LogP contribution in [0.1, 0.15) is 31.9 Å². The van der Waals surface area contributed by atoms with Crippen LogP contribution >= 0.6 is 0 Å². The van der Waals surface area contributed by atoms with Crippen LogP contribution in [0.2, 0.25) is 0 Å².